The molecular weight excluding hydrogens is 543 g/mol. The van der Waals surface area contributed by atoms with Crippen LogP contribution in [-0.2, 0) is 12.8 Å². The molecule has 2 aromatic carbocycles. The van der Waals surface area contributed by atoms with Gasteiger partial charge in [0.2, 0.25) is 0 Å². The molecule has 0 aliphatic heterocycles. The van der Waals surface area contributed by atoms with Crippen LogP contribution in [0.25, 0.3) is 0 Å². The zero-order valence-corrected chi connectivity index (χ0v) is 27.0. The van der Waals surface area contributed by atoms with Gasteiger partial charge >= 0.3 is 0 Å². The van der Waals surface area contributed by atoms with Crippen molar-refractivity contribution in [3.63, 3.8) is 0 Å². The van der Waals surface area contributed by atoms with Crippen molar-refractivity contribution < 1.29 is 18.9 Å². The fraction of sp³-hybridized carbons (Fsp3) is 0.647. The van der Waals surface area contributed by atoms with Crippen molar-refractivity contribution in [1.82, 2.24) is 0 Å². The van der Waals surface area contributed by atoms with Gasteiger partial charge in [0.15, 0.2) is 0 Å². The fourth-order valence-corrected chi connectivity index (χ4v) is 6.09. The van der Waals surface area contributed by atoms with E-state index in [1.807, 2.05) is 12.1 Å². The van der Waals surface area contributed by atoms with E-state index in [1.54, 1.807) is 14.2 Å². The van der Waals surface area contributed by atoms with Gasteiger partial charge in [-0.15, -0.1) is 23.2 Å². The van der Waals surface area contributed by atoms with E-state index in [9.17, 15) is 0 Å². The molecule has 6 rings (SSSR count). The summed E-state index contributed by atoms with van der Waals surface area (Å²) in [6.45, 7) is 10.3. The Morgan fingerprint density at radius 1 is 0.650 bits per heavy atom. The number of ether oxygens (including phenoxy) is 4. The van der Waals surface area contributed by atoms with E-state index >= 15 is 0 Å². The van der Waals surface area contributed by atoms with Gasteiger partial charge in [0.25, 0.3) is 0 Å². The lowest BCUT2D eigenvalue weighted by atomic mass is 9.93. The van der Waals surface area contributed by atoms with Crippen LogP contribution in [0.5, 0.6) is 23.0 Å². The number of aryl methyl sites for hydroxylation is 2. The van der Waals surface area contributed by atoms with E-state index in [4.69, 9.17) is 42.1 Å². The number of halogens is 2. The van der Waals surface area contributed by atoms with Gasteiger partial charge in [-0.05, 0) is 72.9 Å². The van der Waals surface area contributed by atoms with Crippen LogP contribution in [0.1, 0.15) is 112 Å². The molecule has 4 aliphatic rings. The predicted molar refractivity (Wildman–Crippen MR) is 168 cm³/mol. The van der Waals surface area contributed by atoms with Crippen LogP contribution < -0.4 is 18.9 Å². The summed E-state index contributed by atoms with van der Waals surface area (Å²) in [5, 5.41) is -1.12. The third kappa shape index (κ3) is 8.38. The lowest BCUT2D eigenvalue weighted by molar-refractivity contribution is 0.229. The van der Waals surface area contributed by atoms with Crippen molar-refractivity contribution in [3.8, 4) is 23.0 Å². The van der Waals surface area contributed by atoms with Crippen LogP contribution >= 0.6 is 23.2 Å². The Balaban J connectivity index is 2.00. The number of rotatable bonds is 16. The highest BCUT2D eigenvalue weighted by atomic mass is 35.5. The first-order valence-corrected chi connectivity index (χ1v) is 16.2. The van der Waals surface area contributed by atoms with Gasteiger partial charge in [0, 0.05) is 11.1 Å². The van der Waals surface area contributed by atoms with Crippen LogP contribution in [0.2, 0.25) is 0 Å². The molecule has 4 nitrogen and oxygen atoms in total. The van der Waals surface area contributed by atoms with Crippen LogP contribution in [0.3, 0.4) is 0 Å². The molecule has 0 N–H and O–H groups in total. The Labute approximate surface area is 253 Å². The van der Waals surface area contributed by atoms with Crippen molar-refractivity contribution >= 4 is 23.2 Å². The second kappa shape index (κ2) is 16.6. The highest BCUT2D eigenvalue weighted by Gasteiger charge is 2.30. The Morgan fingerprint density at radius 3 is 1.38 bits per heavy atom. The predicted octanol–water partition coefficient (Wildman–Crippen LogP) is 10.3. The van der Waals surface area contributed by atoms with E-state index in [0.717, 1.165) is 70.9 Å². The molecule has 4 atom stereocenters. The van der Waals surface area contributed by atoms with E-state index in [-0.39, 0.29) is 0 Å². The molecule has 0 heterocycles. The highest BCUT2D eigenvalue weighted by Crippen LogP contribution is 2.49. The van der Waals surface area contributed by atoms with Crippen molar-refractivity contribution in [1.29, 1.82) is 0 Å². The Kier molecular flexibility index (Phi) is 13.6. The molecule has 6 heteroatoms. The SMILES string of the molecule is CCCCC(CC)COc1cc2c(OC)cc1CCc1cc(OC)c(cc1OCC(CC)CCCC)C(Cl)C2Cl. The monoisotopic (exact) mass is 592 g/mol. The summed E-state index contributed by atoms with van der Waals surface area (Å²) >= 11 is 14.3. The van der Waals surface area contributed by atoms with E-state index in [0.29, 0.717) is 25.0 Å². The van der Waals surface area contributed by atoms with Gasteiger partial charge in [-0.2, -0.15) is 0 Å². The quantitative estimate of drug-likeness (QED) is 0.182. The lowest BCUT2D eigenvalue weighted by Gasteiger charge is -2.26. The fourth-order valence-electron chi connectivity index (χ4n) is 5.48. The average Bonchev–Trinajstić information content (AvgIpc) is 2.98. The molecule has 40 heavy (non-hydrogen) atoms. The van der Waals surface area contributed by atoms with Gasteiger partial charge in [-0.25, -0.2) is 0 Å². The summed E-state index contributed by atoms with van der Waals surface area (Å²) in [5.41, 5.74) is 3.85. The smallest absolute Gasteiger partial charge is 0.124 e. The molecule has 224 valence electrons. The lowest BCUT2D eigenvalue weighted by Crippen LogP contribution is -2.15. The molecule has 0 saturated heterocycles. The molecule has 0 amide bonds. The molecule has 0 fully saturated rings. The van der Waals surface area contributed by atoms with Gasteiger partial charge < -0.3 is 18.9 Å². The molecule has 0 spiro atoms. The first-order valence-electron chi connectivity index (χ1n) is 15.4. The minimum Gasteiger partial charge on any atom is -0.496 e. The average molecular weight is 594 g/mol. The number of methoxy groups -OCH3 is 2. The summed E-state index contributed by atoms with van der Waals surface area (Å²) in [6, 6.07) is 8.26. The van der Waals surface area contributed by atoms with Gasteiger partial charge in [-0.3, -0.25) is 0 Å². The van der Waals surface area contributed by atoms with Crippen LogP contribution in [0.15, 0.2) is 24.3 Å². The van der Waals surface area contributed by atoms with Crippen molar-refractivity contribution in [2.75, 3.05) is 27.4 Å². The zero-order valence-electron chi connectivity index (χ0n) is 25.5. The maximum absolute atomic E-state index is 7.14. The Bertz CT molecular complexity index is 973. The molecule has 0 radical (unpaired) electrons. The van der Waals surface area contributed by atoms with Gasteiger partial charge in [0.1, 0.15) is 23.0 Å². The maximum atomic E-state index is 7.14. The second-order valence-corrected chi connectivity index (χ2v) is 12.1. The summed E-state index contributed by atoms with van der Waals surface area (Å²) in [4.78, 5) is 0. The summed E-state index contributed by atoms with van der Waals surface area (Å²) < 4.78 is 24.7. The zero-order chi connectivity index (χ0) is 29.1. The number of hydrogen-bond acceptors (Lipinski definition) is 4. The third-order valence-electron chi connectivity index (χ3n) is 8.38. The van der Waals surface area contributed by atoms with Gasteiger partial charge in [-0.1, -0.05) is 66.2 Å². The Hall–Kier alpha value is -1.78. The van der Waals surface area contributed by atoms with E-state index in [2.05, 4.69) is 39.8 Å². The Morgan fingerprint density at radius 2 is 1.05 bits per heavy atom. The molecular formula is C34H50Cl2O4. The first kappa shape index (κ1) is 32.7. The second-order valence-electron chi connectivity index (χ2n) is 11.2. The molecule has 4 bridgehead atoms. The summed E-state index contributed by atoms with van der Waals surface area (Å²) in [5.74, 6) is 4.27. The molecule has 4 aliphatic carbocycles. The minimum absolute atomic E-state index is 0.528. The van der Waals surface area contributed by atoms with Crippen molar-refractivity contribution in [2.45, 2.75) is 103 Å². The first-order chi connectivity index (χ1) is 19.4. The normalized spacial score (nSPS) is 18.1. The number of benzene rings is 2. The van der Waals surface area contributed by atoms with Crippen LogP contribution in [-0.4, -0.2) is 27.4 Å². The largest absolute Gasteiger partial charge is 0.496 e. The van der Waals surface area contributed by atoms with Crippen LogP contribution in [0, 0.1) is 11.8 Å². The number of alkyl halides is 2. The van der Waals surface area contributed by atoms with Crippen molar-refractivity contribution in [2.24, 2.45) is 11.8 Å². The summed E-state index contributed by atoms with van der Waals surface area (Å²) in [7, 11) is 3.37. The number of unbranched alkanes of at least 4 members (excludes halogenated alkanes) is 2. The molecule has 2 aromatic rings. The number of hydrogen-bond donors (Lipinski definition) is 0. The third-order valence-corrected chi connectivity index (χ3v) is 9.48. The highest BCUT2D eigenvalue weighted by molar-refractivity contribution is 6.30. The van der Waals surface area contributed by atoms with Gasteiger partial charge in [0.05, 0.1) is 38.2 Å². The van der Waals surface area contributed by atoms with E-state index < -0.39 is 10.8 Å². The summed E-state index contributed by atoms with van der Waals surface area (Å²) in [6.07, 6.45) is 10.9. The molecule has 4 unspecified atom stereocenters. The maximum Gasteiger partial charge on any atom is 0.124 e. The van der Waals surface area contributed by atoms with E-state index in [1.165, 1.54) is 38.5 Å². The minimum atomic E-state index is -0.560. The molecule has 0 aromatic heterocycles. The van der Waals surface area contributed by atoms with Crippen LogP contribution in [0.4, 0.5) is 0 Å². The molecule has 0 saturated carbocycles. The topological polar surface area (TPSA) is 36.9 Å². The standard InChI is InChI=1S/C34H50Cl2O4/c1-7-11-13-23(9-3)21-39-29-19-27-31(37-5)17-25(29)15-16-26-18-32(38-6)28(34(36)33(27)35)20-30(26)40-22-24(10-4)14-12-8-2/h17-20,23-24,33-34H,7-16,21-22H2,1-6H3. The van der Waals surface area contributed by atoms with Crippen molar-refractivity contribution in [3.05, 3.63) is 46.5 Å².